The Kier molecular flexibility index (Phi) is 2.02. The number of para-hydroxylation sites is 1. The van der Waals surface area contributed by atoms with E-state index in [4.69, 9.17) is 0 Å². The molecule has 13 heavy (non-hydrogen) atoms. The van der Waals surface area contributed by atoms with Crippen molar-refractivity contribution < 1.29 is 5.11 Å². The van der Waals surface area contributed by atoms with Crippen molar-refractivity contribution in [2.75, 3.05) is 0 Å². The fourth-order valence-electron chi connectivity index (χ4n) is 1.13. The maximum Gasteiger partial charge on any atom is 0.127 e. The molecule has 0 radical (unpaired) electrons. The topological polar surface area (TPSA) is 33.1 Å². The van der Waals surface area contributed by atoms with Crippen LogP contribution >= 0.6 is 11.3 Å². The molecule has 0 spiro atoms. The molecule has 0 saturated heterocycles. The molecule has 3 heteroatoms. The molecule has 0 saturated carbocycles. The number of hydrogen-bond acceptors (Lipinski definition) is 3. The van der Waals surface area contributed by atoms with E-state index in [1.165, 1.54) is 0 Å². The van der Waals surface area contributed by atoms with E-state index in [0.717, 1.165) is 16.3 Å². The first-order chi connectivity index (χ1) is 6.27. The van der Waals surface area contributed by atoms with Crippen molar-refractivity contribution in [2.24, 2.45) is 0 Å². The molecule has 0 amide bonds. The lowest BCUT2D eigenvalue weighted by molar-refractivity contribution is 0.477. The van der Waals surface area contributed by atoms with Gasteiger partial charge in [0.15, 0.2) is 0 Å². The fourth-order valence-corrected chi connectivity index (χ4v) is 1.96. The van der Waals surface area contributed by atoms with Gasteiger partial charge in [-0.25, -0.2) is 4.98 Å². The highest BCUT2D eigenvalue weighted by Gasteiger charge is 2.05. The van der Waals surface area contributed by atoms with E-state index in [0.29, 0.717) is 0 Å². The van der Waals surface area contributed by atoms with Crippen molar-refractivity contribution in [1.29, 1.82) is 0 Å². The van der Waals surface area contributed by atoms with Crippen molar-refractivity contribution in [3.05, 3.63) is 35.3 Å². The van der Waals surface area contributed by atoms with E-state index in [1.54, 1.807) is 23.5 Å². The van der Waals surface area contributed by atoms with Crippen LogP contribution in [-0.2, 0) is 0 Å². The summed E-state index contributed by atoms with van der Waals surface area (Å²) in [5, 5.41) is 12.4. The smallest absolute Gasteiger partial charge is 0.127 e. The van der Waals surface area contributed by atoms with Crippen LogP contribution in [0.3, 0.4) is 0 Å². The normalized spacial score (nSPS) is 10.2. The molecule has 66 valence electrons. The van der Waals surface area contributed by atoms with Crippen LogP contribution in [0.1, 0.15) is 5.69 Å². The summed E-state index contributed by atoms with van der Waals surface area (Å²) in [5.74, 6) is 0.289. The number of phenols is 1. The third kappa shape index (κ3) is 1.55. The molecule has 1 heterocycles. The van der Waals surface area contributed by atoms with Gasteiger partial charge in [-0.1, -0.05) is 12.1 Å². The van der Waals surface area contributed by atoms with E-state index in [9.17, 15) is 5.11 Å². The predicted octanol–water partition coefficient (Wildman–Crippen LogP) is 2.82. The van der Waals surface area contributed by atoms with Gasteiger partial charge >= 0.3 is 0 Å². The number of nitrogens with zero attached hydrogens (tertiary/aromatic N) is 1. The van der Waals surface area contributed by atoms with Crippen LogP contribution in [0.2, 0.25) is 0 Å². The van der Waals surface area contributed by atoms with Crippen LogP contribution < -0.4 is 0 Å². The first kappa shape index (κ1) is 8.26. The molecule has 0 bridgehead atoms. The van der Waals surface area contributed by atoms with Crippen molar-refractivity contribution >= 4 is 11.3 Å². The SMILES string of the molecule is Cc1csc(-c2ccccc2O)n1. The number of thiazole rings is 1. The van der Waals surface area contributed by atoms with Gasteiger partial charge in [-0.2, -0.15) is 0 Å². The van der Waals surface area contributed by atoms with Gasteiger partial charge in [0.05, 0.1) is 5.56 Å². The average Bonchev–Trinajstić information content (AvgIpc) is 2.53. The van der Waals surface area contributed by atoms with E-state index in [2.05, 4.69) is 4.98 Å². The molecule has 0 atom stereocenters. The standard InChI is InChI=1S/C10H9NOS/c1-7-6-13-10(11-7)8-4-2-3-5-9(8)12/h2-6,12H,1H3. The third-order valence-corrected chi connectivity index (χ3v) is 2.75. The maximum atomic E-state index is 9.54. The summed E-state index contributed by atoms with van der Waals surface area (Å²) in [5.41, 5.74) is 1.80. The number of aromatic hydroxyl groups is 1. The lowest BCUT2D eigenvalue weighted by atomic mass is 10.2. The average molecular weight is 191 g/mol. The summed E-state index contributed by atoms with van der Waals surface area (Å²) in [4.78, 5) is 4.30. The number of benzene rings is 1. The molecule has 1 aromatic heterocycles. The van der Waals surface area contributed by atoms with Gasteiger partial charge in [0.25, 0.3) is 0 Å². The second kappa shape index (κ2) is 3.18. The van der Waals surface area contributed by atoms with Gasteiger partial charge < -0.3 is 5.11 Å². The molecular formula is C10H9NOS. The van der Waals surface area contributed by atoms with Crippen LogP contribution in [-0.4, -0.2) is 10.1 Å². The molecule has 0 fully saturated rings. The number of hydrogen-bond donors (Lipinski definition) is 1. The Bertz CT molecular complexity index is 422. The van der Waals surface area contributed by atoms with Crippen LogP contribution in [0.4, 0.5) is 0 Å². The Balaban J connectivity index is 2.52. The van der Waals surface area contributed by atoms with Gasteiger partial charge in [0, 0.05) is 11.1 Å². The van der Waals surface area contributed by atoms with Gasteiger partial charge in [-0.3, -0.25) is 0 Å². The maximum absolute atomic E-state index is 9.54. The first-order valence-corrected chi connectivity index (χ1v) is 4.86. The molecule has 1 aromatic carbocycles. The Hall–Kier alpha value is -1.35. The van der Waals surface area contributed by atoms with Crippen molar-refractivity contribution in [1.82, 2.24) is 4.98 Å². The Morgan fingerprint density at radius 2 is 2.08 bits per heavy atom. The lowest BCUT2D eigenvalue weighted by Gasteiger charge is -1.98. The highest BCUT2D eigenvalue weighted by atomic mass is 32.1. The van der Waals surface area contributed by atoms with Crippen LogP contribution in [0.15, 0.2) is 29.6 Å². The number of aromatic nitrogens is 1. The van der Waals surface area contributed by atoms with E-state index in [1.807, 2.05) is 24.4 Å². The van der Waals surface area contributed by atoms with E-state index < -0.39 is 0 Å². The molecule has 1 N–H and O–H groups in total. The first-order valence-electron chi connectivity index (χ1n) is 3.98. The molecule has 2 nitrogen and oxygen atoms in total. The number of rotatable bonds is 1. The molecule has 0 aliphatic carbocycles. The minimum Gasteiger partial charge on any atom is -0.507 e. The Morgan fingerprint density at radius 1 is 1.31 bits per heavy atom. The highest BCUT2D eigenvalue weighted by Crippen LogP contribution is 2.30. The van der Waals surface area contributed by atoms with Gasteiger partial charge in [0.2, 0.25) is 0 Å². The molecule has 0 aliphatic heterocycles. The lowest BCUT2D eigenvalue weighted by Crippen LogP contribution is -1.77. The van der Waals surface area contributed by atoms with E-state index >= 15 is 0 Å². The monoisotopic (exact) mass is 191 g/mol. The summed E-state index contributed by atoms with van der Waals surface area (Å²) < 4.78 is 0. The summed E-state index contributed by atoms with van der Waals surface area (Å²) in [7, 11) is 0. The second-order valence-electron chi connectivity index (χ2n) is 2.81. The molecule has 2 rings (SSSR count). The van der Waals surface area contributed by atoms with Crippen LogP contribution in [0, 0.1) is 6.92 Å². The van der Waals surface area contributed by atoms with Crippen LogP contribution in [0.25, 0.3) is 10.6 Å². The van der Waals surface area contributed by atoms with Crippen LogP contribution in [0.5, 0.6) is 5.75 Å². The summed E-state index contributed by atoms with van der Waals surface area (Å²) in [6.45, 7) is 1.94. The third-order valence-electron chi connectivity index (χ3n) is 1.75. The number of phenolic OH excluding ortho intramolecular Hbond substituents is 1. The minimum absolute atomic E-state index is 0.289. The van der Waals surface area contributed by atoms with Crippen molar-refractivity contribution in [3.8, 4) is 16.3 Å². The van der Waals surface area contributed by atoms with Crippen molar-refractivity contribution in [3.63, 3.8) is 0 Å². The quantitative estimate of drug-likeness (QED) is 0.751. The fraction of sp³-hybridized carbons (Fsp3) is 0.100. The Labute approximate surface area is 80.5 Å². The summed E-state index contributed by atoms with van der Waals surface area (Å²) in [6, 6.07) is 7.24. The van der Waals surface area contributed by atoms with E-state index in [-0.39, 0.29) is 5.75 Å². The molecule has 0 aliphatic rings. The van der Waals surface area contributed by atoms with Gasteiger partial charge in [-0.15, -0.1) is 11.3 Å². The molecule has 2 aromatic rings. The zero-order chi connectivity index (χ0) is 9.26. The minimum atomic E-state index is 0.289. The molecular weight excluding hydrogens is 182 g/mol. The predicted molar refractivity (Wildman–Crippen MR) is 54.0 cm³/mol. The summed E-state index contributed by atoms with van der Waals surface area (Å²) in [6.07, 6.45) is 0. The summed E-state index contributed by atoms with van der Waals surface area (Å²) >= 11 is 1.55. The zero-order valence-electron chi connectivity index (χ0n) is 7.19. The van der Waals surface area contributed by atoms with Gasteiger partial charge in [0.1, 0.15) is 10.8 Å². The zero-order valence-corrected chi connectivity index (χ0v) is 8.01. The number of aryl methyl sites for hydroxylation is 1. The highest BCUT2D eigenvalue weighted by molar-refractivity contribution is 7.13. The van der Waals surface area contributed by atoms with Crippen molar-refractivity contribution in [2.45, 2.75) is 6.92 Å². The largest absolute Gasteiger partial charge is 0.507 e. The second-order valence-corrected chi connectivity index (χ2v) is 3.67. The molecule has 0 unspecified atom stereocenters. The van der Waals surface area contributed by atoms with Gasteiger partial charge in [-0.05, 0) is 19.1 Å². The Morgan fingerprint density at radius 3 is 2.69 bits per heavy atom.